The molecule has 6 nitrogen and oxygen atoms in total. The van der Waals surface area contributed by atoms with E-state index in [2.05, 4.69) is 25.6 Å². The number of rotatable bonds is 6. The van der Waals surface area contributed by atoms with Gasteiger partial charge in [-0.05, 0) is 18.2 Å². The normalized spacial score (nSPS) is 10.9. The van der Waals surface area contributed by atoms with Gasteiger partial charge in [-0.25, -0.2) is 15.0 Å². The van der Waals surface area contributed by atoms with E-state index in [1.54, 1.807) is 6.07 Å². The molecule has 9 heteroatoms. The molecule has 2 aromatic heterocycles. The van der Waals surface area contributed by atoms with Crippen LogP contribution in [-0.2, 0) is 12.6 Å². The van der Waals surface area contributed by atoms with Gasteiger partial charge < -0.3 is 10.6 Å². The number of pyridine rings is 1. The zero-order chi connectivity index (χ0) is 16.7. The van der Waals surface area contributed by atoms with E-state index < -0.39 is 11.7 Å². The maximum atomic E-state index is 12.8. The van der Waals surface area contributed by atoms with Crippen LogP contribution >= 0.6 is 0 Å². The molecule has 2 aromatic rings. The van der Waals surface area contributed by atoms with E-state index in [4.69, 9.17) is 5.26 Å². The first-order chi connectivity index (χ1) is 11.0. The molecule has 0 fully saturated rings. The fraction of sp³-hybridized carbons (Fsp3) is 0.286. The molecule has 0 spiro atoms. The lowest BCUT2D eigenvalue weighted by atomic mass is 10.2. The molecule has 0 aliphatic carbocycles. The van der Waals surface area contributed by atoms with Gasteiger partial charge in [0.1, 0.15) is 5.82 Å². The molecule has 0 amide bonds. The van der Waals surface area contributed by atoms with Crippen LogP contribution in [-0.4, -0.2) is 28.0 Å². The first-order valence-corrected chi connectivity index (χ1v) is 6.69. The Balaban J connectivity index is 1.89. The molecule has 0 atom stereocenters. The van der Waals surface area contributed by atoms with Crippen molar-refractivity contribution in [3.8, 4) is 6.07 Å². The van der Waals surface area contributed by atoms with Crippen LogP contribution in [0.5, 0.6) is 0 Å². The molecule has 0 saturated heterocycles. The minimum atomic E-state index is -4.46. The third kappa shape index (κ3) is 4.81. The maximum Gasteiger partial charge on any atom is 0.419 e. The highest BCUT2D eigenvalue weighted by atomic mass is 19.4. The van der Waals surface area contributed by atoms with Gasteiger partial charge in [0.2, 0.25) is 5.95 Å². The second-order valence-electron chi connectivity index (χ2n) is 4.46. The lowest BCUT2D eigenvalue weighted by Crippen LogP contribution is -2.18. The van der Waals surface area contributed by atoms with Crippen molar-refractivity contribution in [1.29, 1.82) is 5.26 Å². The van der Waals surface area contributed by atoms with Crippen LogP contribution in [0.3, 0.4) is 0 Å². The molecule has 0 saturated carbocycles. The number of anilines is 2. The Morgan fingerprint density at radius 1 is 1.09 bits per heavy atom. The first kappa shape index (κ1) is 16.5. The van der Waals surface area contributed by atoms with Crippen LogP contribution in [0.25, 0.3) is 0 Å². The highest BCUT2D eigenvalue weighted by Gasteiger charge is 2.33. The summed E-state index contributed by atoms with van der Waals surface area (Å²) in [6, 6.07) is 5.80. The Hall–Kier alpha value is -2.89. The molecule has 0 bridgehead atoms. The van der Waals surface area contributed by atoms with Gasteiger partial charge in [0.15, 0.2) is 0 Å². The number of hydrogen-bond donors (Lipinski definition) is 2. The summed E-state index contributed by atoms with van der Waals surface area (Å²) in [4.78, 5) is 11.8. The smallest absolute Gasteiger partial charge is 0.368 e. The summed E-state index contributed by atoms with van der Waals surface area (Å²) >= 11 is 0. The van der Waals surface area contributed by atoms with Crippen molar-refractivity contribution in [2.75, 3.05) is 23.7 Å². The Bertz CT molecular complexity index is 695. The SMILES string of the molecule is N#CCc1ccnc(NCCNc2ncccc2C(F)(F)F)n1. The third-order valence-corrected chi connectivity index (χ3v) is 2.79. The predicted molar refractivity (Wildman–Crippen MR) is 77.6 cm³/mol. The van der Waals surface area contributed by atoms with Crippen LogP contribution in [0.4, 0.5) is 24.9 Å². The van der Waals surface area contributed by atoms with Crippen molar-refractivity contribution in [1.82, 2.24) is 15.0 Å². The average molecular weight is 322 g/mol. The molecular weight excluding hydrogens is 309 g/mol. The van der Waals surface area contributed by atoms with Crippen LogP contribution in [0.1, 0.15) is 11.3 Å². The minimum Gasteiger partial charge on any atom is -0.368 e. The summed E-state index contributed by atoms with van der Waals surface area (Å²) in [6.45, 7) is 0.496. The van der Waals surface area contributed by atoms with Crippen LogP contribution in [0, 0.1) is 11.3 Å². The van der Waals surface area contributed by atoms with Gasteiger partial charge in [0.25, 0.3) is 0 Å². The number of hydrogen-bond acceptors (Lipinski definition) is 6. The number of nitrogens with zero attached hydrogens (tertiary/aromatic N) is 4. The number of nitrogens with one attached hydrogen (secondary N) is 2. The summed E-state index contributed by atoms with van der Waals surface area (Å²) in [6.07, 6.45) is -1.49. The molecule has 23 heavy (non-hydrogen) atoms. The molecule has 0 aliphatic heterocycles. The van der Waals surface area contributed by atoms with Crippen LogP contribution in [0.2, 0.25) is 0 Å². The average Bonchev–Trinajstić information content (AvgIpc) is 2.52. The topological polar surface area (TPSA) is 86.5 Å². The van der Waals surface area contributed by atoms with Crippen molar-refractivity contribution >= 4 is 11.8 Å². The standard InChI is InChI=1S/C14H13F3N6/c15-14(16,17)11-2-1-6-19-12(11)20-8-9-22-13-21-7-4-10(23-13)3-5-18/h1-2,4,6-7H,3,8-9H2,(H,19,20)(H,21,22,23). The number of halogens is 3. The van der Waals surface area contributed by atoms with Gasteiger partial charge in [0.05, 0.1) is 23.7 Å². The molecule has 0 aromatic carbocycles. The summed E-state index contributed by atoms with van der Waals surface area (Å²) in [5.74, 6) is 0.0950. The Kier molecular flexibility index (Phi) is 5.30. The monoisotopic (exact) mass is 322 g/mol. The summed E-state index contributed by atoms with van der Waals surface area (Å²) < 4.78 is 38.4. The summed E-state index contributed by atoms with van der Waals surface area (Å²) in [7, 11) is 0. The van der Waals surface area contributed by atoms with Crippen LogP contribution < -0.4 is 10.6 Å². The van der Waals surface area contributed by atoms with E-state index in [9.17, 15) is 13.2 Å². The zero-order valence-corrected chi connectivity index (χ0v) is 11.9. The molecular formula is C14H13F3N6. The van der Waals surface area contributed by atoms with Crippen molar-refractivity contribution in [3.05, 3.63) is 41.9 Å². The molecule has 2 rings (SSSR count). The highest BCUT2D eigenvalue weighted by Crippen LogP contribution is 2.33. The molecule has 0 unspecified atom stereocenters. The van der Waals surface area contributed by atoms with Gasteiger partial charge in [-0.15, -0.1) is 0 Å². The molecule has 120 valence electrons. The van der Waals surface area contributed by atoms with E-state index in [0.717, 1.165) is 6.07 Å². The fourth-order valence-corrected chi connectivity index (χ4v) is 1.79. The van der Waals surface area contributed by atoms with E-state index >= 15 is 0 Å². The molecule has 0 aliphatic rings. The Labute approximate surface area is 130 Å². The number of alkyl halides is 3. The fourth-order valence-electron chi connectivity index (χ4n) is 1.79. The Morgan fingerprint density at radius 3 is 2.61 bits per heavy atom. The maximum absolute atomic E-state index is 12.8. The highest BCUT2D eigenvalue weighted by molar-refractivity contribution is 5.45. The summed E-state index contributed by atoms with van der Waals surface area (Å²) in [5, 5.41) is 14.1. The van der Waals surface area contributed by atoms with Crippen molar-refractivity contribution < 1.29 is 13.2 Å². The minimum absolute atomic E-state index is 0.165. The van der Waals surface area contributed by atoms with Gasteiger partial charge in [-0.3, -0.25) is 0 Å². The summed E-state index contributed by atoms with van der Waals surface area (Å²) in [5.41, 5.74) is -0.241. The molecule has 2 N–H and O–H groups in total. The van der Waals surface area contributed by atoms with Gasteiger partial charge in [-0.2, -0.15) is 18.4 Å². The van der Waals surface area contributed by atoms with E-state index in [1.165, 1.54) is 18.5 Å². The van der Waals surface area contributed by atoms with Crippen LogP contribution in [0.15, 0.2) is 30.6 Å². The van der Waals surface area contributed by atoms with Gasteiger partial charge in [-0.1, -0.05) is 0 Å². The van der Waals surface area contributed by atoms with Gasteiger partial charge in [0, 0.05) is 25.5 Å². The van der Waals surface area contributed by atoms with Crippen molar-refractivity contribution in [2.24, 2.45) is 0 Å². The largest absolute Gasteiger partial charge is 0.419 e. The second-order valence-corrected chi connectivity index (χ2v) is 4.46. The lowest BCUT2D eigenvalue weighted by molar-refractivity contribution is -0.137. The van der Waals surface area contributed by atoms with Crippen molar-refractivity contribution in [2.45, 2.75) is 12.6 Å². The molecule has 2 heterocycles. The lowest BCUT2D eigenvalue weighted by Gasteiger charge is -2.13. The van der Waals surface area contributed by atoms with E-state index in [0.29, 0.717) is 18.2 Å². The number of aromatic nitrogens is 3. The third-order valence-electron chi connectivity index (χ3n) is 2.79. The first-order valence-electron chi connectivity index (χ1n) is 6.69. The van der Waals surface area contributed by atoms with E-state index in [-0.39, 0.29) is 18.8 Å². The van der Waals surface area contributed by atoms with Crippen molar-refractivity contribution in [3.63, 3.8) is 0 Å². The zero-order valence-electron chi connectivity index (χ0n) is 11.9. The second kappa shape index (κ2) is 7.40. The molecule has 0 radical (unpaired) electrons. The quantitative estimate of drug-likeness (QED) is 0.795. The van der Waals surface area contributed by atoms with Gasteiger partial charge >= 0.3 is 6.18 Å². The van der Waals surface area contributed by atoms with E-state index in [1.807, 2.05) is 6.07 Å². The number of nitriles is 1. The predicted octanol–water partition coefficient (Wildman–Crippen LogP) is 2.48. The Morgan fingerprint density at radius 2 is 1.87 bits per heavy atom.